The molecule has 3 aliphatic rings. The number of fused-ring (bicyclic) bond motifs is 3. The van der Waals surface area contributed by atoms with Crippen LogP contribution in [-0.4, -0.2) is 49.1 Å². The number of nitrogens with zero attached hydrogens (tertiary/aromatic N) is 6. The van der Waals surface area contributed by atoms with Crippen LogP contribution in [0.4, 0.5) is 0 Å². The van der Waals surface area contributed by atoms with Crippen molar-refractivity contribution >= 4 is 0 Å². The minimum absolute atomic E-state index is 0.0969. The first-order chi connectivity index (χ1) is 14.6. The van der Waals surface area contributed by atoms with E-state index in [-0.39, 0.29) is 17.8 Å². The summed E-state index contributed by atoms with van der Waals surface area (Å²) in [6.07, 6.45) is 5.37. The van der Waals surface area contributed by atoms with E-state index in [0.717, 1.165) is 49.8 Å². The number of aromatic nitrogens is 5. The Labute approximate surface area is 172 Å². The van der Waals surface area contributed by atoms with Crippen LogP contribution in [0, 0.1) is 0 Å². The highest BCUT2D eigenvalue weighted by Crippen LogP contribution is 2.41. The Balaban J connectivity index is 1.26. The van der Waals surface area contributed by atoms with Crippen LogP contribution in [0.3, 0.4) is 0 Å². The molecule has 9 nitrogen and oxygen atoms in total. The molecule has 0 N–H and O–H groups in total. The molecule has 0 unspecified atom stereocenters. The third-order valence-corrected chi connectivity index (χ3v) is 6.55. The van der Waals surface area contributed by atoms with Crippen molar-refractivity contribution < 1.29 is 9.47 Å². The van der Waals surface area contributed by atoms with Gasteiger partial charge >= 0.3 is 0 Å². The summed E-state index contributed by atoms with van der Waals surface area (Å²) >= 11 is 0. The van der Waals surface area contributed by atoms with E-state index in [9.17, 15) is 4.79 Å². The van der Waals surface area contributed by atoms with Gasteiger partial charge in [-0.15, -0.1) is 10.2 Å². The predicted molar refractivity (Wildman–Crippen MR) is 107 cm³/mol. The molecule has 30 heavy (non-hydrogen) atoms. The van der Waals surface area contributed by atoms with Gasteiger partial charge in [-0.3, -0.25) is 14.3 Å². The summed E-state index contributed by atoms with van der Waals surface area (Å²) in [5.41, 5.74) is 1.31. The van der Waals surface area contributed by atoms with Gasteiger partial charge in [0.2, 0.25) is 6.79 Å². The topological polar surface area (TPSA) is 87.3 Å². The molecule has 3 aromatic rings. The number of hydrogen-bond acceptors (Lipinski definition) is 7. The fourth-order valence-corrected chi connectivity index (χ4v) is 4.97. The van der Waals surface area contributed by atoms with Crippen molar-refractivity contribution in [2.75, 3.05) is 19.9 Å². The summed E-state index contributed by atoms with van der Waals surface area (Å²) in [5, 5.41) is 8.84. The molecule has 0 amide bonds. The van der Waals surface area contributed by atoms with Gasteiger partial charge in [0.25, 0.3) is 5.56 Å². The van der Waals surface area contributed by atoms with Gasteiger partial charge in [-0.2, -0.15) is 0 Å². The van der Waals surface area contributed by atoms with Crippen LogP contribution in [0.1, 0.15) is 24.2 Å². The average molecular weight is 406 g/mol. The second-order valence-electron chi connectivity index (χ2n) is 8.37. The molecule has 0 radical (unpaired) electrons. The van der Waals surface area contributed by atoms with E-state index in [1.165, 1.54) is 5.56 Å². The Kier molecular flexibility index (Phi) is 3.76. The Morgan fingerprint density at radius 3 is 2.87 bits per heavy atom. The Hall–Kier alpha value is -3.20. The van der Waals surface area contributed by atoms with Crippen molar-refractivity contribution in [3.63, 3.8) is 0 Å². The third-order valence-electron chi connectivity index (χ3n) is 6.55. The summed E-state index contributed by atoms with van der Waals surface area (Å²) in [6.45, 7) is 3.64. The Morgan fingerprint density at radius 1 is 1.13 bits per heavy atom. The first kappa shape index (κ1) is 17.6. The lowest BCUT2D eigenvalue weighted by atomic mass is 9.85. The molecule has 1 fully saturated rings. The van der Waals surface area contributed by atoms with E-state index in [2.05, 4.69) is 32.2 Å². The van der Waals surface area contributed by atoms with Crippen LogP contribution in [-0.2, 0) is 25.6 Å². The molecule has 0 aliphatic carbocycles. The van der Waals surface area contributed by atoms with E-state index < -0.39 is 0 Å². The monoisotopic (exact) mass is 406 g/mol. The van der Waals surface area contributed by atoms with Gasteiger partial charge in [0, 0.05) is 44.5 Å². The van der Waals surface area contributed by atoms with Crippen LogP contribution in [0.25, 0.3) is 11.5 Å². The number of ether oxygens (including phenoxy) is 2. The molecular formula is C21H22N6O3. The Bertz CT molecular complexity index is 1200. The van der Waals surface area contributed by atoms with Crippen molar-refractivity contribution in [1.29, 1.82) is 0 Å². The lowest BCUT2D eigenvalue weighted by Crippen LogP contribution is -2.33. The van der Waals surface area contributed by atoms with Gasteiger partial charge in [-0.1, -0.05) is 6.07 Å². The number of likely N-dealkylation sites (tertiary alicyclic amines) is 1. The molecule has 1 saturated heterocycles. The van der Waals surface area contributed by atoms with Gasteiger partial charge in [0.15, 0.2) is 23.0 Å². The van der Waals surface area contributed by atoms with E-state index >= 15 is 0 Å². The van der Waals surface area contributed by atoms with Crippen molar-refractivity contribution in [1.82, 2.24) is 29.2 Å². The Morgan fingerprint density at radius 2 is 2.00 bits per heavy atom. The highest BCUT2D eigenvalue weighted by atomic mass is 16.7. The maximum Gasteiger partial charge on any atom is 0.283 e. The summed E-state index contributed by atoms with van der Waals surface area (Å²) in [4.78, 5) is 19.8. The maximum absolute atomic E-state index is 13.1. The van der Waals surface area contributed by atoms with Crippen LogP contribution >= 0.6 is 0 Å². The molecule has 3 aliphatic heterocycles. The summed E-state index contributed by atoms with van der Waals surface area (Å²) in [5.74, 6) is 2.99. The lowest BCUT2D eigenvalue weighted by Gasteiger charge is -2.23. The van der Waals surface area contributed by atoms with Gasteiger partial charge in [0.05, 0.1) is 0 Å². The second-order valence-corrected chi connectivity index (χ2v) is 8.37. The number of rotatable bonds is 3. The summed E-state index contributed by atoms with van der Waals surface area (Å²) in [6, 6.07) is 6.11. The average Bonchev–Trinajstić information content (AvgIpc) is 3.52. The van der Waals surface area contributed by atoms with E-state index in [1.807, 2.05) is 13.1 Å². The maximum atomic E-state index is 13.1. The predicted octanol–water partition coefficient (Wildman–Crippen LogP) is 1.31. The number of aryl methyl sites for hydroxylation is 1. The fourth-order valence-electron chi connectivity index (χ4n) is 4.97. The van der Waals surface area contributed by atoms with Crippen LogP contribution < -0.4 is 15.0 Å². The van der Waals surface area contributed by atoms with E-state index in [1.54, 1.807) is 21.5 Å². The van der Waals surface area contributed by atoms with Crippen molar-refractivity contribution in [3.8, 4) is 23.0 Å². The van der Waals surface area contributed by atoms with E-state index in [0.29, 0.717) is 18.1 Å². The largest absolute Gasteiger partial charge is 0.454 e. The molecular weight excluding hydrogens is 384 g/mol. The van der Waals surface area contributed by atoms with Crippen LogP contribution in [0.15, 0.2) is 35.4 Å². The molecule has 2 aromatic heterocycles. The molecule has 154 valence electrons. The van der Waals surface area contributed by atoms with Gasteiger partial charge < -0.3 is 14.0 Å². The minimum atomic E-state index is -0.108. The molecule has 5 heterocycles. The molecule has 0 saturated carbocycles. The molecule has 1 spiro atoms. The van der Waals surface area contributed by atoms with Gasteiger partial charge in [-0.25, -0.2) is 4.98 Å². The SMILES string of the molecule is Cn1ccnc1-c1nnc2n(c1=O)CC[C@@]21CCN(Cc2ccc3c(c2)OCO3)C1. The highest BCUT2D eigenvalue weighted by Gasteiger charge is 2.47. The molecule has 6 rings (SSSR count). The summed E-state index contributed by atoms with van der Waals surface area (Å²) < 4.78 is 14.5. The van der Waals surface area contributed by atoms with Crippen LogP contribution in [0.2, 0.25) is 0 Å². The highest BCUT2D eigenvalue weighted by molar-refractivity contribution is 5.48. The van der Waals surface area contributed by atoms with Gasteiger partial charge in [-0.05, 0) is 37.1 Å². The first-order valence-electron chi connectivity index (χ1n) is 10.2. The molecule has 1 aromatic carbocycles. The van der Waals surface area contributed by atoms with Crippen molar-refractivity contribution in [2.24, 2.45) is 7.05 Å². The number of benzene rings is 1. The fraction of sp³-hybridized carbons (Fsp3) is 0.429. The summed E-state index contributed by atoms with van der Waals surface area (Å²) in [7, 11) is 1.85. The zero-order chi connectivity index (χ0) is 20.3. The normalized spacial score (nSPS) is 22.2. The van der Waals surface area contributed by atoms with E-state index in [4.69, 9.17) is 9.47 Å². The molecule has 1 atom stereocenters. The smallest absolute Gasteiger partial charge is 0.283 e. The molecule has 0 bridgehead atoms. The lowest BCUT2D eigenvalue weighted by molar-refractivity contribution is 0.174. The zero-order valence-corrected chi connectivity index (χ0v) is 16.7. The van der Waals surface area contributed by atoms with Crippen LogP contribution in [0.5, 0.6) is 11.5 Å². The first-order valence-corrected chi connectivity index (χ1v) is 10.2. The third kappa shape index (κ3) is 2.58. The number of imidazole rings is 1. The second kappa shape index (κ2) is 6.40. The number of hydrogen-bond donors (Lipinski definition) is 0. The zero-order valence-electron chi connectivity index (χ0n) is 16.7. The van der Waals surface area contributed by atoms with Gasteiger partial charge in [0.1, 0.15) is 5.82 Å². The molecule has 9 heteroatoms. The van der Waals surface area contributed by atoms with Crippen molar-refractivity contribution in [2.45, 2.75) is 31.3 Å². The quantitative estimate of drug-likeness (QED) is 0.648. The minimum Gasteiger partial charge on any atom is -0.454 e. The standard InChI is InChI=1S/C21H22N6O3/c1-25-9-6-22-18(25)17-19(28)27-8-5-21(20(27)24-23-17)4-7-26(12-21)11-14-2-3-15-16(10-14)30-13-29-15/h2-3,6,9-10H,4-5,7-8,11-13H2,1H3/t21-/m1/s1. The van der Waals surface area contributed by atoms with Crippen molar-refractivity contribution in [3.05, 3.63) is 52.3 Å².